The fourth-order valence-corrected chi connectivity index (χ4v) is 9.96. The summed E-state index contributed by atoms with van der Waals surface area (Å²) >= 11 is 0. The molecule has 2 nitrogen and oxygen atoms in total. The number of ether oxygens (including phenoxy) is 1. The molecule has 0 spiro atoms. The largest absolute Gasteiger partial charge is 0.490 e. The van der Waals surface area contributed by atoms with E-state index in [4.69, 9.17) is 4.74 Å². The maximum atomic E-state index is 6.42. The zero-order chi connectivity index (χ0) is 23.9. The Morgan fingerprint density at radius 2 is 1.62 bits per heavy atom. The summed E-state index contributed by atoms with van der Waals surface area (Å²) in [5.41, 5.74) is 1.16. The molecule has 4 aliphatic rings. The van der Waals surface area contributed by atoms with Crippen LogP contribution in [0.3, 0.4) is 0 Å². The van der Waals surface area contributed by atoms with E-state index >= 15 is 0 Å². The molecule has 0 radical (unpaired) electrons. The van der Waals surface area contributed by atoms with Crippen LogP contribution in [0.2, 0.25) is 0 Å². The molecular weight excluding hydrogens is 414 g/mol. The van der Waals surface area contributed by atoms with E-state index in [2.05, 4.69) is 39.6 Å². The summed E-state index contributed by atoms with van der Waals surface area (Å²) in [4.78, 5) is 4.15. The van der Waals surface area contributed by atoms with Crippen LogP contribution in [0.1, 0.15) is 112 Å². The topological polar surface area (TPSA) is 22.1 Å². The molecule has 4 saturated carbocycles. The lowest BCUT2D eigenvalue weighted by molar-refractivity contribution is -0.126. The number of fused-ring (bicyclic) bond motifs is 5. The van der Waals surface area contributed by atoms with Gasteiger partial charge in [0.2, 0.25) is 0 Å². The Balaban J connectivity index is 1.24. The van der Waals surface area contributed by atoms with Crippen molar-refractivity contribution in [2.24, 2.45) is 52.3 Å². The third-order valence-electron chi connectivity index (χ3n) is 11.8. The second kappa shape index (κ2) is 9.78. The van der Waals surface area contributed by atoms with E-state index in [-0.39, 0.29) is 0 Å². The quantitative estimate of drug-likeness (QED) is 0.401. The third kappa shape index (κ3) is 4.45. The van der Waals surface area contributed by atoms with E-state index < -0.39 is 0 Å². The van der Waals surface area contributed by atoms with Gasteiger partial charge in [-0.15, -0.1) is 0 Å². The fraction of sp³-hybridized carbons (Fsp3) is 0.844. The van der Waals surface area contributed by atoms with Gasteiger partial charge < -0.3 is 4.74 Å². The van der Waals surface area contributed by atoms with Crippen molar-refractivity contribution in [1.29, 1.82) is 0 Å². The van der Waals surface area contributed by atoms with Crippen LogP contribution in [-0.4, -0.2) is 11.1 Å². The number of rotatable bonds is 7. The van der Waals surface area contributed by atoms with Crippen LogP contribution in [0.4, 0.5) is 0 Å². The van der Waals surface area contributed by atoms with E-state index in [1.165, 1.54) is 77.0 Å². The number of pyridine rings is 1. The Bertz CT molecular complexity index is 806. The summed E-state index contributed by atoms with van der Waals surface area (Å²) in [6.45, 7) is 12.8. The monoisotopic (exact) mass is 465 g/mol. The van der Waals surface area contributed by atoms with Gasteiger partial charge in [0.15, 0.2) is 0 Å². The van der Waals surface area contributed by atoms with Gasteiger partial charge in [-0.05, 0) is 122 Å². The predicted octanol–water partition coefficient (Wildman–Crippen LogP) is 8.95. The van der Waals surface area contributed by atoms with E-state index in [9.17, 15) is 0 Å². The molecular formula is C32H51NO. The second-order valence-corrected chi connectivity index (χ2v) is 13.9. The van der Waals surface area contributed by atoms with Crippen LogP contribution in [0.5, 0.6) is 5.75 Å². The van der Waals surface area contributed by atoms with Crippen LogP contribution in [-0.2, 0) is 0 Å². The third-order valence-corrected chi connectivity index (χ3v) is 11.8. The molecule has 0 bridgehead atoms. The van der Waals surface area contributed by atoms with Crippen molar-refractivity contribution in [3.63, 3.8) is 0 Å². The van der Waals surface area contributed by atoms with E-state index in [1.54, 1.807) is 0 Å². The highest BCUT2D eigenvalue weighted by atomic mass is 16.5. The Labute approximate surface area is 210 Å². The van der Waals surface area contributed by atoms with Crippen LogP contribution in [0.25, 0.3) is 0 Å². The fourth-order valence-electron chi connectivity index (χ4n) is 9.96. The minimum atomic E-state index is 0.397. The number of hydrogen-bond acceptors (Lipinski definition) is 2. The van der Waals surface area contributed by atoms with E-state index in [0.29, 0.717) is 16.9 Å². The standard InChI is InChI=1S/C32H51NO/c1-22(2)7-6-8-23(3)28-11-12-29-27-10-9-24-21-26(34-25-15-19-33-20-16-25)13-17-31(24,4)30(27)14-18-32(28,29)5/h15-16,19-20,22-24,26-30H,6-14,17-18,21H2,1-5H3/t23-,24+,26+,27+,28-,29+,30+,31+,32-/m1/s1. The van der Waals surface area contributed by atoms with Gasteiger partial charge in [-0.2, -0.15) is 0 Å². The molecule has 0 aliphatic heterocycles. The second-order valence-electron chi connectivity index (χ2n) is 13.9. The minimum Gasteiger partial charge on any atom is -0.490 e. The Morgan fingerprint density at radius 1 is 0.882 bits per heavy atom. The molecule has 0 amide bonds. The molecule has 4 aliphatic carbocycles. The first-order valence-corrected chi connectivity index (χ1v) is 14.9. The van der Waals surface area contributed by atoms with Crippen molar-refractivity contribution >= 4 is 0 Å². The molecule has 1 aromatic rings. The molecule has 34 heavy (non-hydrogen) atoms. The summed E-state index contributed by atoms with van der Waals surface area (Å²) in [6, 6.07) is 4.04. The highest BCUT2D eigenvalue weighted by molar-refractivity contribution is 5.18. The lowest BCUT2D eigenvalue weighted by atomic mass is 9.44. The van der Waals surface area contributed by atoms with Crippen molar-refractivity contribution < 1.29 is 4.74 Å². The molecule has 190 valence electrons. The van der Waals surface area contributed by atoms with Crippen LogP contribution >= 0.6 is 0 Å². The molecule has 0 saturated heterocycles. The van der Waals surface area contributed by atoms with E-state index in [1.807, 2.05) is 24.5 Å². The lowest BCUT2D eigenvalue weighted by Crippen LogP contribution is -2.54. The summed E-state index contributed by atoms with van der Waals surface area (Å²) in [5.74, 6) is 7.55. The molecule has 9 atom stereocenters. The van der Waals surface area contributed by atoms with Crippen molar-refractivity contribution in [2.45, 2.75) is 118 Å². The Morgan fingerprint density at radius 3 is 2.38 bits per heavy atom. The lowest BCUT2D eigenvalue weighted by Gasteiger charge is -2.61. The zero-order valence-electron chi connectivity index (χ0n) is 22.8. The van der Waals surface area contributed by atoms with E-state index in [0.717, 1.165) is 47.2 Å². The van der Waals surface area contributed by atoms with Gasteiger partial charge in [0, 0.05) is 12.4 Å². The normalized spacial score (nSPS) is 42.5. The molecule has 0 N–H and O–H groups in total. The van der Waals surface area contributed by atoms with Gasteiger partial charge in [-0.25, -0.2) is 0 Å². The van der Waals surface area contributed by atoms with Crippen LogP contribution in [0.15, 0.2) is 24.5 Å². The van der Waals surface area contributed by atoms with Gasteiger partial charge in [0.1, 0.15) is 5.75 Å². The van der Waals surface area contributed by atoms with Crippen molar-refractivity contribution in [1.82, 2.24) is 4.98 Å². The highest BCUT2D eigenvalue weighted by Crippen LogP contribution is 2.68. The first-order valence-electron chi connectivity index (χ1n) is 14.9. The van der Waals surface area contributed by atoms with Crippen molar-refractivity contribution in [3.8, 4) is 5.75 Å². The summed E-state index contributed by atoms with van der Waals surface area (Å²) in [7, 11) is 0. The predicted molar refractivity (Wildman–Crippen MR) is 142 cm³/mol. The Hall–Kier alpha value is -1.05. The molecule has 1 aromatic heterocycles. The van der Waals surface area contributed by atoms with Gasteiger partial charge in [-0.3, -0.25) is 4.98 Å². The number of hydrogen-bond donors (Lipinski definition) is 0. The molecule has 4 fully saturated rings. The van der Waals surface area contributed by atoms with Crippen LogP contribution in [0, 0.1) is 52.3 Å². The molecule has 0 aromatic carbocycles. The average molecular weight is 466 g/mol. The first-order chi connectivity index (χ1) is 16.3. The molecule has 1 heterocycles. The molecule has 2 heteroatoms. The van der Waals surface area contributed by atoms with Gasteiger partial charge in [0.05, 0.1) is 6.10 Å². The number of nitrogens with zero attached hydrogens (tertiary/aromatic N) is 1. The number of aromatic nitrogens is 1. The Kier molecular flexibility index (Phi) is 7.08. The highest BCUT2D eigenvalue weighted by Gasteiger charge is 2.60. The molecule has 0 unspecified atom stereocenters. The summed E-state index contributed by atoms with van der Waals surface area (Å²) in [5, 5.41) is 0. The van der Waals surface area contributed by atoms with Gasteiger partial charge in [0.25, 0.3) is 0 Å². The maximum Gasteiger partial charge on any atom is 0.122 e. The molecule has 5 rings (SSSR count). The van der Waals surface area contributed by atoms with Gasteiger partial charge in [-0.1, -0.05) is 53.9 Å². The van der Waals surface area contributed by atoms with Gasteiger partial charge >= 0.3 is 0 Å². The van der Waals surface area contributed by atoms with Crippen LogP contribution < -0.4 is 4.74 Å². The van der Waals surface area contributed by atoms with Crippen molar-refractivity contribution in [3.05, 3.63) is 24.5 Å². The first kappa shape index (κ1) is 24.6. The SMILES string of the molecule is CC(C)CCC[C@@H](C)[C@H]1CC[C@H]2[C@@H]3CC[C@H]4C[C@@H](Oc5ccncc5)CC[C@]4(C)[C@H]3CC[C@]12C. The van der Waals surface area contributed by atoms with Crippen molar-refractivity contribution in [2.75, 3.05) is 0 Å². The summed E-state index contributed by atoms with van der Waals surface area (Å²) < 4.78 is 6.42. The average Bonchev–Trinajstić information content (AvgIpc) is 3.17. The maximum absolute atomic E-state index is 6.42. The minimum absolute atomic E-state index is 0.397. The summed E-state index contributed by atoms with van der Waals surface area (Å²) in [6.07, 6.45) is 21.2. The zero-order valence-corrected chi connectivity index (χ0v) is 22.8. The smallest absolute Gasteiger partial charge is 0.122 e.